The van der Waals surface area contributed by atoms with Gasteiger partial charge in [0.2, 0.25) is 11.6 Å². The number of carbonyl (C=O) groups excluding carboxylic acids is 3. The van der Waals surface area contributed by atoms with Crippen molar-refractivity contribution in [1.29, 1.82) is 0 Å². The largest absolute Gasteiger partial charge is 0.507 e. The number of para-hydroxylation sites is 1. The van der Waals surface area contributed by atoms with E-state index in [9.17, 15) is 24.6 Å². The van der Waals surface area contributed by atoms with E-state index in [-0.39, 0.29) is 23.6 Å². The summed E-state index contributed by atoms with van der Waals surface area (Å²) in [4.78, 5) is 38.8. The van der Waals surface area contributed by atoms with Crippen LogP contribution in [0.5, 0.6) is 23.0 Å². The minimum absolute atomic E-state index is 0.0922. The quantitative estimate of drug-likeness (QED) is 0.184. The molecule has 1 aliphatic carbocycles. The second kappa shape index (κ2) is 9.90. The van der Waals surface area contributed by atoms with E-state index in [1.165, 1.54) is 36.4 Å². The van der Waals surface area contributed by atoms with Crippen molar-refractivity contribution in [3.63, 3.8) is 0 Å². The molecule has 0 aromatic heterocycles. The Kier molecular flexibility index (Phi) is 6.45. The molecule has 0 saturated carbocycles. The Morgan fingerprint density at radius 1 is 0.821 bits per heavy atom. The monoisotopic (exact) mass is 531 g/mol. The molecule has 4 aromatic rings. The van der Waals surface area contributed by atoms with Crippen LogP contribution in [0.2, 0.25) is 0 Å². The zero-order chi connectivity index (χ0) is 27.8. The molecule has 196 valence electrons. The molecule has 5 rings (SSSR count). The second-order valence-electron chi connectivity index (χ2n) is 8.44. The van der Waals surface area contributed by atoms with Gasteiger partial charge in [-0.2, -0.15) is 0 Å². The SMILES string of the molecule is CCOC(=O)c1cccc(Nc2c(F)c3c(c(F)c2Oc2ccccc2)C(=O)c2c(O)ccc(O)c2C3=O)c1. The summed E-state index contributed by atoms with van der Waals surface area (Å²) in [6, 6.07) is 15.4. The number of phenols is 2. The number of aromatic hydroxyl groups is 2. The standard InChI is InChI=1S/C29H19F2NO7/c1-2-38-29(37)14-7-6-8-15(13-14)32-25-23(30)21-22(24(31)28(25)39-16-9-4-3-5-10-16)27(36)20-18(34)12-11-17(33)19(20)26(21)35/h3-13,32-34H,2H2,1H3. The highest BCUT2D eigenvalue weighted by Crippen LogP contribution is 2.46. The van der Waals surface area contributed by atoms with Gasteiger partial charge in [0.15, 0.2) is 17.4 Å². The van der Waals surface area contributed by atoms with Gasteiger partial charge in [-0.3, -0.25) is 9.59 Å². The lowest BCUT2D eigenvalue weighted by atomic mass is 9.82. The van der Waals surface area contributed by atoms with Gasteiger partial charge in [-0.15, -0.1) is 0 Å². The number of ether oxygens (including phenoxy) is 2. The van der Waals surface area contributed by atoms with Crippen molar-refractivity contribution in [3.8, 4) is 23.0 Å². The molecule has 0 amide bonds. The summed E-state index contributed by atoms with van der Waals surface area (Å²) >= 11 is 0. The first-order valence-electron chi connectivity index (χ1n) is 11.7. The van der Waals surface area contributed by atoms with Crippen molar-refractivity contribution in [2.75, 3.05) is 11.9 Å². The van der Waals surface area contributed by atoms with Crippen molar-refractivity contribution in [2.45, 2.75) is 6.92 Å². The Labute approximate surface area is 220 Å². The molecule has 0 heterocycles. The number of halogens is 2. The van der Waals surface area contributed by atoms with Crippen molar-refractivity contribution < 1.29 is 42.9 Å². The van der Waals surface area contributed by atoms with E-state index in [2.05, 4.69) is 5.32 Å². The zero-order valence-corrected chi connectivity index (χ0v) is 20.2. The maximum Gasteiger partial charge on any atom is 0.338 e. The fourth-order valence-electron chi connectivity index (χ4n) is 4.28. The number of nitrogens with one attached hydrogen (secondary N) is 1. The van der Waals surface area contributed by atoms with E-state index >= 15 is 8.78 Å². The van der Waals surface area contributed by atoms with Crippen LogP contribution in [0.4, 0.5) is 20.2 Å². The third-order valence-corrected chi connectivity index (χ3v) is 6.01. The molecule has 0 fully saturated rings. The van der Waals surface area contributed by atoms with E-state index in [1.807, 2.05) is 0 Å². The summed E-state index contributed by atoms with van der Waals surface area (Å²) in [5.41, 5.74) is -3.62. The summed E-state index contributed by atoms with van der Waals surface area (Å²) in [5, 5.41) is 23.1. The molecule has 0 unspecified atom stereocenters. The van der Waals surface area contributed by atoms with E-state index in [0.29, 0.717) is 0 Å². The van der Waals surface area contributed by atoms with Crippen molar-refractivity contribution in [3.05, 3.63) is 106 Å². The highest BCUT2D eigenvalue weighted by Gasteiger charge is 2.42. The van der Waals surface area contributed by atoms with Crippen LogP contribution in [0, 0.1) is 11.6 Å². The number of phenolic OH excluding ortho intramolecular Hbond substituents is 2. The summed E-state index contributed by atoms with van der Waals surface area (Å²) in [6.07, 6.45) is 0. The zero-order valence-electron chi connectivity index (χ0n) is 20.2. The third kappa shape index (κ3) is 4.31. The Morgan fingerprint density at radius 3 is 2.05 bits per heavy atom. The van der Waals surface area contributed by atoms with Gasteiger partial charge < -0.3 is 25.0 Å². The minimum atomic E-state index is -1.37. The minimum Gasteiger partial charge on any atom is -0.507 e. The van der Waals surface area contributed by atoms with Crippen LogP contribution in [-0.4, -0.2) is 34.4 Å². The van der Waals surface area contributed by atoms with Gasteiger partial charge in [0.05, 0.1) is 34.4 Å². The number of carbonyl (C=O) groups is 3. The molecule has 0 bridgehead atoms. The Balaban J connectivity index is 1.73. The average Bonchev–Trinajstić information content (AvgIpc) is 2.93. The molecule has 8 nitrogen and oxygen atoms in total. The fraction of sp³-hybridized carbons (Fsp3) is 0.0690. The smallest absolute Gasteiger partial charge is 0.338 e. The first-order chi connectivity index (χ1) is 18.7. The lowest BCUT2D eigenvalue weighted by Crippen LogP contribution is -2.25. The molecule has 0 radical (unpaired) electrons. The lowest BCUT2D eigenvalue weighted by Gasteiger charge is -2.24. The van der Waals surface area contributed by atoms with Crippen LogP contribution in [-0.2, 0) is 4.74 Å². The lowest BCUT2D eigenvalue weighted by molar-refractivity contribution is 0.0526. The maximum absolute atomic E-state index is 16.2. The Morgan fingerprint density at radius 2 is 1.44 bits per heavy atom. The van der Waals surface area contributed by atoms with Crippen molar-refractivity contribution in [1.82, 2.24) is 0 Å². The number of hydrogen-bond donors (Lipinski definition) is 3. The Hall–Kier alpha value is -5.25. The van der Waals surface area contributed by atoms with E-state index in [1.54, 1.807) is 25.1 Å². The topological polar surface area (TPSA) is 122 Å². The number of esters is 1. The molecular weight excluding hydrogens is 512 g/mol. The van der Waals surface area contributed by atoms with Gasteiger partial charge in [0, 0.05) is 5.69 Å². The number of anilines is 2. The summed E-state index contributed by atoms with van der Waals surface area (Å²) < 4.78 is 43.0. The van der Waals surface area contributed by atoms with Gasteiger partial charge in [-0.05, 0) is 49.4 Å². The van der Waals surface area contributed by atoms with Crippen molar-refractivity contribution in [2.24, 2.45) is 0 Å². The molecular formula is C29H19F2NO7. The number of hydrogen-bond acceptors (Lipinski definition) is 8. The molecule has 4 aromatic carbocycles. The van der Waals surface area contributed by atoms with Gasteiger partial charge in [0.25, 0.3) is 0 Å². The van der Waals surface area contributed by atoms with E-state index < -0.39 is 74.4 Å². The molecule has 0 saturated heterocycles. The highest BCUT2D eigenvalue weighted by molar-refractivity contribution is 6.31. The van der Waals surface area contributed by atoms with Gasteiger partial charge in [-0.1, -0.05) is 24.3 Å². The molecule has 10 heteroatoms. The average molecular weight is 531 g/mol. The molecule has 1 aliphatic rings. The van der Waals surface area contributed by atoms with Crippen molar-refractivity contribution >= 4 is 28.9 Å². The number of rotatable bonds is 6. The predicted molar refractivity (Wildman–Crippen MR) is 135 cm³/mol. The Bertz CT molecular complexity index is 1670. The van der Waals surface area contributed by atoms with Crippen LogP contribution in [0.1, 0.15) is 49.1 Å². The van der Waals surface area contributed by atoms with E-state index in [0.717, 1.165) is 12.1 Å². The number of ketones is 2. The van der Waals surface area contributed by atoms with Crippen LogP contribution < -0.4 is 10.1 Å². The summed E-state index contributed by atoms with van der Waals surface area (Å²) in [7, 11) is 0. The van der Waals surface area contributed by atoms with Crippen LogP contribution in [0.25, 0.3) is 0 Å². The normalized spacial score (nSPS) is 12.0. The maximum atomic E-state index is 16.2. The predicted octanol–water partition coefficient (Wildman–Crippen LogP) is 5.86. The van der Waals surface area contributed by atoms with Crippen LogP contribution in [0.3, 0.4) is 0 Å². The first kappa shape index (κ1) is 25.4. The fourth-order valence-corrected chi connectivity index (χ4v) is 4.28. The van der Waals surface area contributed by atoms with Gasteiger partial charge >= 0.3 is 5.97 Å². The van der Waals surface area contributed by atoms with E-state index in [4.69, 9.17) is 9.47 Å². The number of fused-ring (bicyclic) bond motifs is 2. The van der Waals surface area contributed by atoms with Crippen LogP contribution in [0.15, 0.2) is 66.7 Å². The summed E-state index contributed by atoms with van der Waals surface area (Å²) in [6.45, 7) is 1.75. The molecule has 39 heavy (non-hydrogen) atoms. The highest BCUT2D eigenvalue weighted by atomic mass is 19.1. The van der Waals surface area contributed by atoms with Crippen LogP contribution >= 0.6 is 0 Å². The summed E-state index contributed by atoms with van der Waals surface area (Å²) in [5.74, 6) is -7.80. The van der Waals surface area contributed by atoms with Gasteiger partial charge in [0.1, 0.15) is 22.9 Å². The van der Waals surface area contributed by atoms with Gasteiger partial charge in [-0.25, -0.2) is 13.6 Å². The molecule has 0 aliphatic heterocycles. The number of benzene rings is 4. The first-order valence-corrected chi connectivity index (χ1v) is 11.7. The second-order valence-corrected chi connectivity index (χ2v) is 8.44. The molecule has 0 atom stereocenters. The molecule has 0 spiro atoms. The third-order valence-electron chi connectivity index (χ3n) is 6.01. The molecule has 3 N–H and O–H groups in total.